The first-order valence-corrected chi connectivity index (χ1v) is 5.49. The first-order chi connectivity index (χ1) is 8.31. The van der Waals surface area contributed by atoms with E-state index in [9.17, 15) is 0 Å². The maximum Gasteiger partial charge on any atom is 0.132 e. The third kappa shape index (κ3) is 2.84. The molecule has 0 spiro atoms. The summed E-state index contributed by atoms with van der Waals surface area (Å²) in [6, 6.07) is 16.5. The number of ether oxygens (including phenoxy) is 1. The first kappa shape index (κ1) is 11.6. The normalized spacial score (nSPS) is 12.1. The zero-order valence-corrected chi connectivity index (χ0v) is 9.41. The van der Waals surface area contributed by atoms with Crippen molar-refractivity contribution in [2.24, 2.45) is 5.73 Å². The molecule has 0 fully saturated rings. The molecule has 3 N–H and O–H groups in total. The van der Waals surface area contributed by atoms with Crippen molar-refractivity contribution in [2.45, 2.75) is 6.04 Å². The molecule has 0 unspecified atom stereocenters. The van der Waals surface area contributed by atoms with Crippen molar-refractivity contribution in [1.82, 2.24) is 0 Å². The number of hydrogen-bond donors (Lipinski definition) is 2. The molecule has 0 saturated carbocycles. The molecule has 3 heteroatoms. The van der Waals surface area contributed by atoms with Gasteiger partial charge in [-0.15, -0.1) is 0 Å². The van der Waals surface area contributed by atoms with Gasteiger partial charge in [0, 0.05) is 5.56 Å². The average Bonchev–Trinajstić information content (AvgIpc) is 2.40. The van der Waals surface area contributed by atoms with Crippen LogP contribution in [-0.2, 0) is 0 Å². The van der Waals surface area contributed by atoms with Gasteiger partial charge in [0.1, 0.15) is 11.5 Å². The first-order valence-electron chi connectivity index (χ1n) is 5.49. The Morgan fingerprint density at radius 2 is 1.65 bits per heavy atom. The summed E-state index contributed by atoms with van der Waals surface area (Å²) in [4.78, 5) is 0. The van der Waals surface area contributed by atoms with Crippen molar-refractivity contribution in [3.63, 3.8) is 0 Å². The van der Waals surface area contributed by atoms with Crippen LogP contribution in [-0.4, -0.2) is 11.7 Å². The van der Waals surface area contributed by atoms with Gasteiger partial charge in [-0.1, -0.05) is 36.4 Å². The molecule has 1 atom stereocenters. The van der Waals surface area contributed by atoms with Gasteiger partial charge in [-0.05, 0) is 18.2 Å². The van der Waals surface area contributed by atoms with Gasteiger partial charge in [0.05, 0.1) is 12.6 Å². The van der Waals surface area contributed by atoms with Crippen LogP contribution >= 0.6 is 0 Å². The summed E-state index contributed by atoms with van der Waals surface area (Å²) in [6.45, 7) is -0.102. The highest BCUT2D eigenvalue weighted by Crippen LogP contribution is 2.28. The van der Waals surface area contributed by atoms with Crippen molar-refractivity contribution in [1.29, 1.82) is 0 Å². The molecule has 3 nitrogen and oxygen atoms in total. The van der Waals surface area contributed by atoms with E-state index in [-0.39, 0.29) is 6.61 Å². The van der Waals surface area contributed by atoms with Gasteiger partial charge in [0.2, 0.25) is 0 Å². The Kier molecular flexibility index (Phi) is 3.75. The second-order valence-electron chi connectivity index (χ2n) is 3.74. The van der Waals surface area contributed by atoms with E-state index in [0.717, 1.165) is 11.3 Å². The zero-order chi connectivity index (χ0) is 12.1. The van der Waals surface area contributed by atoms with Gasteiger partial charge in [-0.25, -0.2) is 0 Å². The van der Waals surface area contributed by atoms with Gasteiger partial charge < -0.3 is 15.6 Å². The highest BCUT2D eigenvalue weighted by molar-refractivity contribution is 5.39. The van der Waals surface area contributed by atoms with Gasteiger partial charge in [-0.2, -0.15) is 0 Å². The lowest BCUT2D eigenvalue weighted by molar-refractivity contribution is 0.265. The fraction of sp³-hybridized carbons (Fsp3) is 0.143. The predicted octanol–water partition coefficient (Wildman–Crippen LogP) is 2.47. The van der Waals surface area contributed by atoms with E-state index in [4.69, 9.17) is 15.6 Å². The molecule has 2 rings (SSSR count). The lowest BCUT2D eigenvalue weighted by atomic mass is 10.1. The minimum atomic E-state index is -0.421. The molecule has 0 amide bonds. The molecular formula is C14H15NO2. The van der Waals surface area contributed by atoms with Crippen LogP contribution in [0.1, 0.15) is 11.6 Å². The van der Waals surface area contributed by atoms with E-state index in [0.29, 0.717) is 5.75 Å². The summed E-state index contributed by atoms with van der Waals surface area (Å²) in [7, 11) is 0. The van der Waals surface area contributed by atoms with Crippen LogP contribution < -0.4 is 10.5 Å². The molecule has 0 aliphatic rings. The fourth-order valence-corrected chi connectivity index (χ4v) is 1.59. The molecule has 2 aromatic rings. The minimum Gasteiger partial charge on any atom is -0.457 e. The Hall–Kier alpha value is -1.84. The van der Waals surface area contributed by atoms with Crippen LogP contribution in [0.4, 0.5) is 0 Å². The molecule has 17 heavy (non-hydrogen) atoms. The number of aliphatic hydroxyl groups excluding tert-OH is 1. The molecule has 0 aromatic heterocycles. The van der Waals surface area contributed by atoms with Gasteiger partial charge in [0.25, 0.3) is 0 Å². The van der Waals surface area contributed by atoms with Crippen LogP contribution in [0.15, 0.2) is 54.6 Å². The summed E-state index contributed by atoms with van der Waals surface area (Å²) in [5.41, 5.74) is 6.62. The van der Waals surface area contributed by atoms with Crippen molar-refractivity contribution in [2.75, 3.05) is 6.61 Å². The van der Waals surface area contributed by atoms with E-state index in [2.05, 4.69) is 0 Å². The molecule has 0 bridgehead atoms. The summed E-state index contributed by atoms with van der Waals surface area (Å²) < 4.78 is 5.74. The molecule has 88 valence electrons. The topological polar surface area (TPSA) is 55.5 Å². The van der Waals surface area contributed by atoms with Crippen LogP contribution in [0, 0.1) is 0 Å². The van der Waals surface area contributed by atoms with Crippen LogP contribution in [0.25, 0.3) is 0 Å². The van der Waals surface area contributed by atoms with Crippen molar-refractivity contribution in [3.8, 4) is 11.5 Å². The Morgan fingerprint density at radius 1 is 1.00 bits per heavy atom. The standard InChI is InChI=1S/C14H15NO2/c15-13(10-16)12-8-4-5-9-14(12)17-11-6-2-1-3-7-11/h1-9,13,16H,10,15H2/t13-/m1/s1. The highest BCUT2D eigenvalue weighted by Gasteiger charge is 2.10. The number of hydrogen-bond acceptors (Lipinski definition) is 3. The Labute approximate surface area is 100 Å². The third-order valence-corrected chi connectivity index (χ3v) is 2.49. The Bertz CT molecular complexity index is 471. The molecule has 2 aromatic carbocycles. The second kappa shape index (κ2) is 5.48. The largest absolute Gasteiger partial charge is 0.457 e. The fourth-order valence-electron chi connectivity index (χ4n) is 1.59. The van der Waals surface area contributed by atoms with E-state index in [1.54, 1.807) is 0 Å². The van der Waals surface area contributed by atoms with E-state index in [1.807, 2.05) is 54.6 Å². The highest BCUT2D eigenvalue weighted by atomic mass is 16.5. The lowest BCUT2D eigenvalue weighted by Gasteiger charge is -2.14. The SMILES string of the molecule is N[C@H](CO)c1ccccc1Oc1ccccc1. The van der Waals surface area contributed by atoms with E-state index in [1.165, 1.54) is 0 Å². The van der Waals surface area contributed by atoms with E-state index >= 15 is 0 Å². The van der Waals surface area contributed by atoms with Crippen molar-refractivity contribution < 1.29 is 9.84 Å². The monoisotopic (exact) mass is 229 g/mol. The molecule has 0 saturated heterocycles. The zero-order valence-electron chi connectivity index (χ0n) is 9.41. The van der Waals surface area contributed by atoms with Crippen LogP contribution in [0.3, 0.4) is 0 Å². The lowest BCUT2D eigenvalue weighted by Crippen LogP contribution is -2.15. The van der Waals surface area contributed by atoms with Crippen molar-refractivity contribution in [3.05, 3.63) is 60.2 Å². The summed E-state index contributed by atoms with van der Waals surface area (Å²) in [5.74, 6) is 1.44. The smallest absolute Gasteiger partial charge is 0.132 e. The summed E-state index contributed by atoms with van der Waals surface area (Å²) >= 11 is 0. The maximum absolute atomic E-state index is 9.10. The third-order valence-electron chi connectivity index (χ3n) is 2.49. The van der Waals surface area contributed by atoms with Gasteiger partial charge in [0.15, 0.2) is 0 Å². The maximum atomic E-state index is 9.10. The molecular weight excluding hydrogens is 214 g/mol. The number of rotatable bonds is 4. The Morgan fingerprint density at radius 3 is 2.35 bits per heavy atom. The predicted molar refractivity (Wildman–Crippen MR) is 67.0 cm³/mol. The summed E-state index contributed by atoms with van der Waals surface area (Å²) in [6.07, 6.45) is 0. The second-order valence-corrected chi connectivity index (χ2v) is 3.74. The molecule has 0 aliphatic heterocycles. The number of benzene rings is 2. The Balaban J connectivity index is 2.27. The molecule has 0 radical (unpaired) electrons. The number of para-hydroxylation sites is 2. The van der Waals surface area contributed by atoms with Gasteiger partial charge in [-0.3, -0.25) is 0 Å². The van der Waals surface area contributed by atoms with Crippen LogP contribution in [0.5, 0.6) is 11.5 Å². The molecule has 0 aliphatic carbocycles. The summed E-state index contributed by atoms with van der Waals surface area (Å²) in [5, 5.41) is 9.10. The number of aliphatic hydroxyl groups is 1. The van der Waals surface area contributed by atoms with E-state index < -0.39 is 6.04 Å². The molecule has 0 heterocycles. The van der Waals surface area contributed by atoms with Gasteiger partial charge >= 0.3 is 0 Å². The quantitative estimate of drug-likeness (QED) is 0.846. The van der Waals surface area contributed by atoms with Crippen LogP contribution in [0.2, 0.25) is 0 Å². The minimum absolute atomic E-state index is 0.102. The average molecular weight is 229 g/mol. The number of nitrogens with two attached hydrogens (primary N) is 1. The van der Waals surface area contributed by atoms with Crippen molar-refractivity contribution >= 4 is 0 Å².